The van der Waals surface area contributed by atoms with Crippen LogP contribution in [-0.2, 0) is 0 Å². The molecule has 2 rings (SSSR count). The third-order valence-electron chi connectivity index (χ3n) is 1.80. The summed E-state index contributed by atoms with van der Waals surface area (Å²) in [5.74, 6) is 0.367. The molecule has 0 aliphatic rings. The van der Waals surface area contributed by atoms with Gasteiger partial charge in [-0.25, -0.2) is 0 Å². The smallest absolute Gasteiger partial charge is 0.244 e. The fourth-order valence-corrected chi connectivity index (χ4v) is 1.20. The van der Waals surface area contributed by atoms with E-state index in [1.807, 2.05) is 0 Å². The maximum absolute atomic E-state index is 5.67. The van der Waals surface area contributed by atoms with Crippen molar-refractivity contribution in [2.75, 3.05) is 18.6 Å². The second-order valence-corrected chi connectivity index (χ2v) is 2.42. The maximum atomic E-state index is 5.67. The van der Waals surface area contributed by atoms with Crippen molar-refractivity contribution in [3.63, 3.8) is 0 Å². The molecule has 0 amide bonds. The van der Waals surface area contributed by atoms with Gasteiger partial charge in [-0.1, -0.05) is 0 Å². The summed E-state index contributed by atoms with van der Waals surface area (Å²) >= 11 is 0. The number of hydrogen-bond acceptors (Lipinski definition) is 4. The average molecular weight is 167 g/mol. The minimum absolute atomic E-state index is 0.367. The molecule has 0 radical (unpaired) electrons. The summed E-state index contributed by atoms with van der Waals surface area (Å²) in [6.45, 7) is 0. The summed E-state index contributed by atoms with van der Waals surface area (Å²) < 4.78 is 6.47. The molecule has 5 nitrogen and oxygen atoms in total. The molecule has 0 atom stereocenters. The molecule has 2 aromatic heterocycles. The lowest BCUT2D eigenvalue weighted by atomic mass is 10.3. The second kappa shape index (κ2) is 2.10. The van der Waals surface area contributed by atoms with Crippen LogP contribution >= 0.6 is 0 Å². The van der Waals surface area contributed by atoms with Gasteiger partial charge in [0.2, 0.25) is 5.71 Å². The highest BCUT2D eigenvalue weighted by Crippen LogP contribution is 2.29. The molecule has 0 saturated heterocycles. The highest BCUT2D eigenvalue weighted by atomic mass is 16.7. The molecule has 5 heteroatoms. The Kier molecular flexibility index (Phi) is 1.21. The van der Waals surface area contributed by atoms with E-state index in [1.165, 1.54) is 18.1 Å². The van der Waals surface area contributed by atoms with Gasteiger partial charge >= 0.3 is 0 Å². The van der Waals surface area contributed by atoms with Crippen LogP contribution in [-0.4, -0.2) is 11.8 Å². The summed E-state index contributed by atoms with van der Waals surface area (Å²) in [6.07, 6.45) is 1.54. The van der Waals surface area contributed by atoms with Gasteiger partial charge in [0.05, 0.1) is 17.3 Å². The number of rotatable bonds is 1. The van der Waals surface area contributed by atoms with Crippen LogP contribution < -0.4 is 16.3 Å². The SMILES string of the molecule is COn1c(N)c(N)c2ccoc21. The van der Waals surface area contributed by atoms with Crippen LogP contribution in [0.1, 0.15) is 0 Å². The van der Waals surface area contributed by atoms with Gasteiger partial charge in [0.1, 0.15) is 7.11 Å². The number of nitrogen functional groups attached to an aromatic ring is 2. The van der Waals surface area contributed by atoms with Gasteiger partial charge in [0.15, 0.2) is 5.82 Å². The van der Waals surface area contributed by atoms with Crippen LogP contribution in [0.4, 0.5) is 11.5 Å². The van der Waals surface area contributed by atoms with Crippen LogP contribution in [0, 0.1) is 0 Å². The standard InChI is InChI=1S/C7H9N3O2/c1-11-10-6(9)5(8)4-2-3-12-7(4)10/h2-3H,8-9H2,1H3. The minimum Gasteiger partial charge on any atom is -0.445 e. The summed E-state index contributed by atoms with van der Waals surface area (Å²) in [4.78, 5) is 4.96. The molecule has 64 valence electrons. The normalized spacial score (nSPS) is 10.8. The molecular formula is C7H9N3O2. The number of furan rings is 1. The molecule has 2 aromatic rings. The first-order valence-electron chi connectivity index (χ1n) is 3.43. The average Bonchev–Trinajstić information content (AvgIpc) is 2.59. The third kappa shape index (κ3) is 0.623. The third-order valence-corrected chi connectivity index (χ3v) is 1.80. The van der Waals surface area contributed by atoms with E-state index in [-0.39, 0.29) is 0 Å². The topological polar surface area (TPSA) is 79.3 Å². The quantitative estimate of drug-likeness (QED) is 0.646. The van der Waals surface area contributed by atoms with E-state index in [9.17, 15) is 0 Å². The predicted molar refractivity (Wildman–Crippen MR) is 45.5 cm³/mol. The van der Waals surface area contributed by atoms with E-state index in [1.54, 1.807) is 6.07 Å². The van der Waals surface area contributed by atoms with Gasteiger partial charge in [-0.15, -0.1) is 4.73 Å². The first kappa shape index (κ1) is 6.90. The second-order valence-electron chi connectivity index (χ2n) is 2.42. The Morgan fingerprint density at radius 3 is 2.92 bits per heavy atom. The molecule has 0 aromatic carbocycles. The molecule has 12 heavy (non-hydrogen) atoms. The van der Waals surface area contributed by atoms with Crippen LogP contribution in [0.5, 0.6) is 0 Å². The first-order chi connectivity index (χ1) is 5.75. The molecule has 0 unspecified atom stereocenters. The number of nitrogens with two attached hydrogens (primary N) is 2. The fourth-order valence-electron chi connectivity index (χ4n) is 1.20. The minimum atomic E-state index is 0.367. The van der Waals surface area contributed by atoms with E-state index in [2.05, 4.69) is 0 Å². The van der Waals surface area contributed by atoms with E-state index in [0.717, 1.165) is 5.39 Å². The Balaban J connectivity index is 2.88. The molecule has 2 heterocycles. The van der Waals surface area contributed by atoms with Gasteiger partial charge in [0.25, 0.3) is 0 Å². The summed E-state index contributed by atoms with van der Waals surface area (Å²) in [5, 5.41) is 0.773. The van der Waals surface area contributed by atoms with E-state index in [0.29, 0.717) is 17.2 Å². The summed E-state index contributed by atoms with van der Waals surface area (Å²) in [5.41, 5.74) is 12.3. The number of anilines is 2. The number of aromatic nitrogens is 1. The molecule has 0 fully saturated rings. The van der Waals surface area contributed by atoms with E-state index < -0.39 is 0 Å². The zero-order valence-electron chi connectivity index (χ0n) is 6.57. The Hall–Kier alpha value is -1.78. The number of fused-ring (bicyclic) bond motifs is 1. The zero-order valence-corrected chi connectivity index (χ0v) is 6.57. The number of nitrogens with zero attached hydrogens (tertiary/aromatic N) is 1. The Morgan fingerprint density at radius 2 is 2.25 bits per heavy atom. The summed E-state index contributed by atoms with van der Waals surface area (Å²) in [6, 6.07) is 1.75. The molecule has 0 aliphatic heterocycles. The van der Waals surface area contributed by atoms with Gasteiger partial charge < -0.3 is 20.7 Å². The van der Waals surface area contributed by atoms with Crippen molar-refractivity contribution >= 4 is 22.6 Å². The molecule has 4 N–H and O–H groups in total. The maximum Gasteiger partial charge on any atom is 0.244 e. The largest absolute Gasteiger partial charge is 0.445 e. The van der Waals surface area contributed by atoms with Gasteiger partial charge in [-0.3, -0.25) is 0 Å². The van der Waals surface area contributed by atoms with Crippen molar-refractivity contribution in [1.29, 1.82) is 0 Å². The van der Waals surface area contributed by atoms with Gasteiger partial charge in [0, 0.05) is 0 Å². The summed E-state index contributed by atoms with van der Waals surface area (Å²) in [7, 11) is 1.50. The van der Waals surface area contributed by atoms with Crippen LogP contribution in [0.3, 0.4) is 0 Å². The lowest BCUT2D eigenvalue weighted by Gasteiger charge is -2.01. The predicted octanol–water partition coefficient (Wildman–Crippen LogP) is 0.457. The fraction of sp³-hybridized carbons (Fsp3) is 0.143. The van der Waals surface area contributed by atoms with Crippen molar-refractivity contribution in [1.82, 2.24) is 4.73 Å². The molecule has 0 aliphatic carbocycles. The first-order valence-corrected chi connectivity index (χ1v) is 3.43. The van der Waals surface area contributed by atoms with E-state index in [4.69, 9.17) is 20.7 Å². The Bertz CT molecular complexity index is 415. The lowest BCUT2D eigenvalue weighted by molar-refractivity contribution is 0.175. The van der Waals surface area contributed by atoms with E-state index >= 15 is 0 Å². The van der Waals surface area contributed by atoms with Crippen LogP contribution in [0.15, 0.2) is 16.7 Å². The molecule has 0 saturated carbocycles. The molecular weight excluding hydrogens is 158 g/mol. The number of hydrogen-bond donors (Lipinski definition) is 2. The molecule has 0 bridgehead atoms. The highest BCUT2D eigenvalue weighted by Gasteiger charge is 2.14. The zero-order chi connectivity index (χ0) is 8.72. The van der Waals surface area contributed by atoms with Crippen molar-refractivity contribution in [2.24, 2.45) is 0 Å². The van der Waals surface area contributed by atoms with Gasteiger partial charge in [-0.05, 0) is 6.07 Å². The van der Waals surface area contributed by atoms with Crippen molar-refractivity contribution in [3.8, 4) is 0 Å². The van der Waals surface area contributed by atoms with Crippen molar-refractivity contribution in [2.45, 2.75) is 0 Å². The molecule has 0 spiro atoms. The van der Waals surface area contributed by atoms with Crippen molar-refractivity contribution < 1.29 is 9.25 Å². The Labute approximate surface area is 68.4 Å². The highest BCUT2D eigenvalue weighted by molar-refractivity contribution is 5.95. The van der Waals surface area contributed by atoms with Crippen LogP contribution in [0.25, 0.3) is 11.1 Å². The Morgan fingerprint density at radius 1 is 1.50 bits per heavy atom. The monoisotopic (exact) mass is 167 g/mol. The van der Waals surface area contributed by atoms with Crippen molar-refractivity contribution in [3.05, 3.63) is 12.3 Å². The van der Waals surface area contributed by atoms with Gasteiger partial charge in [-0.2, -0.15) is 0 Å². The lowest BCUT2D eigenvalue weighted by Crippen LogP contribution is -2.09. The van der Waals surface area contributed by atoms with Crippen LogP contribution in [0.2, 0.25) is 0 Å².